The third-order valence-electron chi connectivity index (χ3n) is 5.42. The molecule has 0 aliphatic carbocycles. The Morgan fingerprint density at radius 2 is 2.12 bits per heavy atom. The summed E-state index contributed by atoms with van der Waals surface area (Å²) in [5.74, 6) is -0.480. The summed E-state index contributed by atoms with van der Waals surface area (Å²) in [6.07, 6.45) is -4.03. The Balaban J connectivity index is 1.34. The summed E-state index contributed by atoms with van der Waals surface area (Å²) in [6.45, 7) is -0.438. The number of alkyl halides is 3. The van der Waals surface area contributed by atoms with Gasteiger partial charge in [0, 0.05) is 12.6 Å². The summed E-state index contributed by atoms with van der Waals surface area (Å²) in [4.78, 5) is 16.5. The molecule has 4 heterocycles. The van der Waals surface area contributed by atoms with Crippen molar-refractivity contribution >= 4 is 22.5 Å². The molecule has 0 unspecified atom stereocenters. The summed E-state index contributed by atoms with van der Waals surface area (Å²) in [7, 11) is 1.58. The van der Waals surface area contributed by atoms with Gasteiger partial charge in [0.1, 0.15) is 29.7 Å². The number of morpholine rings is 1. The number of carbonyl (C=O) groups excluding carboxylic acids is 1. The smallest absolute Gasteiger partial charge is 0.471 e. The molecule has 1 saturated heterocycles. The number of carbonyl (C=O) groups is 1. The Labute approximate surface area is 190 Å². The summed E-state index contributed by atoms with van der Waals surface area (Å²) in [5.41, 5.74) is 1.77. The number of aromatic nitrogens is 3. The number of fused-ring (bicyclic) bond motifs is 2. The Bertz CT molecular complexity index is 1350. The van der Waals surface area contributed by atoms with Gasteiger partial charge in [-0.3, -0.25) is 4.79 Å². The number of halogens is 3. The van der Waals surface area contributed by atoms with E-state index in [2.05, 4.69) is 10.1 Å². The number of rotatable bonds is 5. The van der Waals surface area contributed by atoms with Crippen molar-refractivity contribution in [1.29, 1.82) is 0 Å². The standard InChI is InChI=1S/C22H19F3N4O5/c1-31-16-3-2-4-17-14(16)9-18(34-17)15-10-26-19-5-6-20(27-29(15)19)33-12-13-11-28(7-8-32-13)21(30)22(23,24)25/h2-6,9-10,13H,7-8,11-12H2,1H3/t13-/m1/s1. The SMILES string of the molecule is COc1cccc2oc(-c3cnc4ccc(OC[C@H]5CN(C(=O)C(F)(F)F)CCO5)nn34)cc12. The lowest BCUT2D eigenvalue weighted by atomic mass is 10.2. The van der Waals surface area contributed by atoms with Crippen molar-refractivity contribution in [3.63, 3.8) is 0 Å². The molecule has 1 fully saturated rings. The van der Waals surface area contributed by atoms with Gasteiger partial charge in [0.05, 0.1) is 31.8 Å². The third kappa shape index (κ3) is 4.12. The Morgan fingerprint density at radius 1 is 1.26 bits per heavy atom. The molecule has 0 spiro atoms. The van der Waals surface area contributed by atoms with E-state index in [1.54, 1.807) is 30.0 Å². The number of amides is 1. The first-order valence-electron chi connectivity index (χ1n) is 10.4. The van der Waals surface area contributed by atoms with E-state index < -0.39 is 18.2 Å². The van der Waals surface area contributed by atoms with Crippen LogP contribution in [0.25, 0.3) is 28.1 Å². The first-order valence-corrected chi connectivity index (χ1v) is 10.4. The third-order valence-corrected chi connectivity index (χ3v) is 5.42. The second kappa shape index (κ2) is 8.52. The van der Waals surface area contributed by atoms with Crippen molar-refractivity contribution in [2.45, 2.75) is 12.3 Å². The van der Waals surface area contributed by atoms with Crippen LogP contribution in [0.3, 0.4) is 0 Å². The van der Waals surface area contributed by atoms with Crippen LogP contribution in [0.2, 0.25) is 0 Å². The Morgan fingerprint density at radius 3 is 2.91 bits per heavy atom. The molecule has 178 valence electrons. The summed E-state index contributed by atoms with van der Waals surface area (Å²) >= 11 is 0. The number of benzene rings is 1. The van der Waals surface area contributed by atoms with Gasteiger partial charge in [-0.15, -0.1) is 5.10 Å². The normalized spacial score (nSPS) is 16.8. The van der Waals surface area contributed by atoms with Crippen LogP contribution in [0.4, 0.5) is 13.2 Å². The molecule has 1 aliphatic rings. The number of hydrogen-bond donors (Lipinski definition) is 0. The van der Waals surface area contributed by atoms with Crippen LogP contribution in [0.15, 0.2) is 47.0 Å². The van der Waals surface area contributed by atoms with Gasteiger partial charge in [0.2, 0.25) is 5.88 Å². The van der Waals surface area contributed by atoms with Gasteiger partial charge in [-0.1, -0.05) is 6.07 Å². The predicted octanol–water partition coefficient (Wildman–Crippen LogP) is 3.32. The second-order valence-corrected chi connectivity index (χ2v) is 7.62. The van der Waals surface area contributed by atoms with Gasteiger partial charge in [-0.2, -0.15) is 13.2 Å². The zero-order valence-electron chi connectivity index (χ0n) is 17.9. The van der Waals surface area contributed by atoms with Crippen molar-refractivity contribution in [2.24, 2.45) is 0 Å². The van der Waals surface area contributed by atoms with E-state index in [9.17, 15) is 18.0 Å². The highest BCUT2D eigenvalue weighted by Gasteiger charge is 2.43. The lowest BCUT2D eigenvalue weighted by Gasteiger charge is -2.33. The highest BCUT2D eigenvalue weighted by atomic mass is 19.4. The topological polar surface area (TPSA) is 91.3 Å². The van der Waals surface area contributed by atoms with E-state index in [-0.39, 0.29) is 32.2 Å². The molecular formula is C22H19F3N4O5. The average molecular weight is 476 g/mol. The van der Waals surface area contributed by atoms with E-state index in [0.717, 1.165) is 10.3 Å². The summed E-state index contributed by atoms with van der Waals surface area (Å²) < 4.78 is 62.2. The number of nitrogens with zero attached hydrogens (tertiary/aromatic N) is 4. The minimum absolute atomic E-state index is 0.0104. The lowest BCUT2D eigenvalue weighted by molar-refractivity contribution is -0.191. The highest BCUT2D eigenvalue weighted by Crippen LogP contribution is 2.33. The molecule has 9 nitrogen and oxygen atoms in total. The highest BCUT2D eigenvalue weighted by molar-refractivity contribution is 5.88. The molecule has 0 N–H and O–H groups in total. The first-order chi connectivity index (χ1) is 16.3. The van der Waals surface area contributed by atoms with Gasteiger partial charge in [-0.05, 0) is 24.3 Å². The number of furan rings is 1. The van der Waals surface area contributed by atoms with Crippen molar-refractivity contribution in [3.8, 4) is 23.1 Å². The molecule has 0 saturated carbocycles. The monoisotopic (exact) mass is 476 g/mol. The molecule has 3 aromatic heterocycles. The Kier molecular flexibility index (Phi) is 5.52. The van der Waals surface area contributed by atoms with Crippen LogP contribution in [0, 0.1) is 0 Å². The molecule has 34 heavy (non-hydrogen) atoms. The zero-order valence-corrected chi connectivity index (χ0v) is 17.9. The van der Waals surface area contributed by atoms with Crippen molar-refractivity contribution in [2.75, 3.05) is 33.4 Å². The predicted molar refractivity (Wildman–Crippen MR) is 113 cm³/mol. The van der Waals surface area contributed by atoms with Crippen LogP contribution in [0.1, 0.15) is 0 Å². The fourth-order valence-corrected chi connectivity index (χ4v) is 3.80. The molecule has 1 atom stereocenters. The first kappa shape index (κ1) is 22.0. The van der Waals surface area contributed by atoms with Crippen LogP contribution in [0.5, 0.6) is 11.6 Å². The van der Waals surface area contributed by atoms with E-state index in [1.807, 2.05) is 24.3 Å². The fraction of sp³-hybridized carbons (Fsp3) is 0.318. The minimum Gasteiger partial charge on any atom is -0.496 e. The number of imidazole rings is 1. The fourth-order valence-electron chi connectivity index (χ4n) is 3.80. The quantitative estimate of drug-likeness (QED) is 0.437. The zero-order chi connectivity index (χ0) is 23.9. The molecule has 4 aromatic rings. The van der Waals surface area contributed by atoms with Crippen molar-refractivity contribution in [3.05, 3.63) is 42.6 Å². The van der Waals surface area contributed by atoms with E-state index in [4.69, 9.17) is 18.6 Å². The molecule has 5 rings (SSSR count). The summed E-state index contributed by atoms with van der Waals surface area (Å²) in [6, 6.07) is 10.6. The number of methoxy groups -OCH3 is 1. The average Bonchev–Trinajstić information content (AvgIpc) is 3.45. The van der Waals surface area contributed by atoms with Crippen LogP contribution >= 0.6 is 0 Å². The number of hydrogen-bond acceptors (Lipinski definition) is 7. The van der Waals surface area contributed by atoms with E-state index in [1.165, 1.54) is 0 Å². The van der Waals surface area contributed by atoms with Gasteiger partial charge >= 0.3 is 12.1 Å². The lowest BCUT2D eigenvalue weighted by Crippen LogP contribution is -2.51. The van der Waals surface area contributed by atoms with Crippen molar-refractivity contribution < 1.29 is 36.6 Å². The van der Waals surface area contributed by atoms with Gasteiger partial charge in [0.15, 0.2) is 11.4 Å². The molecular weight excluding hydrogens is 457 g/mol. The Hall–Kier alpha value is -3.80. The largest absolute Gasteiger partial charge is 0.496 e. The van der Waals surface area contributed by atoms with Crippen LogP contribution < -0.4 is 9.47 Å². The van der Waals surface area contributed by atoms with Crippen molar-refractivity contribution in [1.82, 2.24) is 19.5 Å². The second-order valence-electron chi connectivity index (χ2n) is 7.62. The maximum atomic E-state index is 12.7. The molecule has 12 heteroatoms. The van der Waals surface area contributed by atoms with E-state index in [0.29, 0.717) is 28.4 Å². The van der Waals surface area contributed by atoms with E-state index >= 15 is 0 Å². The minimum atomic E-state index is -4.92. The van der Waals surface area contributed by atoms with Crippen LogP contribution in [-0.4, -0.2) is 71.1 Å². The van der Waals surface area contributed by atoms with Gasteiger partial charge in [0.25, 0.3) is 0 Å². The number of ether oxygens (including phenoxy) is 3. The summed E-state index contributed by atoms with van der Waals surface area (Å²) in [5, 5.41) is 5.23. The maximum Gasteiger partial charge on any atom is 0.471 e. The molecule has 0 bridgehead atoms. The van der Waals surface area contributed by atoms with Gasteiger partial charge < -0.3 is 23.5 Å². The molecule has 0 radical (unpaired) electrons. The molecule has 1 aromatic carbocycles. The molecule has 1 aliphatic heterocycles. The maximum absolute atomic E-state index is 12.7. The molecule has 1 amide bonds. The van der Waals surface area contributed by atoms with Gasteiger partial charge in [-0.25, -0.2) is 9.50 Å². The van der Waals surface area contributed by atoms with Crippen LogP contribution in [-0.2, 0) is 9.53 Å².